The van der Waals surface area contributed by atoms with Crippen molar-refractivity contribution in [3.05, 3.63) is 0 Å². The summed E-state index contributed by atoms with van der Waals surface area (Å²) in [5.74, 6) is -4.18. The van der Waals surface area contributed by atoms with Gasteiger partial charge in [0.05, 0.1) is 0 Å². The molecule has 0 bridgehead atoms. The van der Waals surface area contributed by atoms with Crippen LogP contribution in [-0.2, 0) is 18.9 Å². The largest absolute Gasteiger partial charge is 0.491 e. The average Bonchev–Trinajstić information content (AvgIpc) is 2.49. The van der Waals surface area contributed by atoms with Crippen molar-refractivity contribution in [1.82, 2.24) is 0 Å². The lowest BCUT2D eigenvalue weighted by atomic mass is 9.93. The van der Waals surface area contributed by atoms with Gasteiger partial charge in [-0.2, -0.15) is 13.2 Å². The lowest BCUT2D eigenvalue weighted by Gasteiger charge is -2.36. The van der Waals surface area contributed by atoms with Crippen LogP contribution in [-0.4, -0.2) is 40.9 Å². The molecule has 2 unspecified atom stereocenters. The summed E-state index contributed by atoms with van der Waals surface area (Å²) in [5.41, 5.74) is 5.39. The highest BCUT2D eigenvalue weighted by Gasteiger charge is 2.56. The summed E-state index contributed by atoms with van der Waals surface area (Å²) in [6.07, 6.45) is -1.89. The van der Waals surface area contributed by atoms with E-state index in [9.17, 15) is 32.2 Å². The highest BCUT2D eigenvalue weighted by molar-refractivity contribution is 7.60. The molecule has 1 aliphatic rings. The maximum atomic E-state index is 12.8. The predicted molar refractivity (Wildman–Crippen MR) is 85.2 cm³/mol. The Balaban J connectivity index is 3.09. The minimum absolute atomic E-state index is 0.0621. The number of esters is 2. The molecule has 0 aromatic heterocycles. The second-order valence-electron chi connectivity index (χ2n) is 6.40. The molecular formula is C15H25F3NO5P. The van der Waals surface area contributed by atoms with E-state index in [0.29, 0.717) is 51.5 Å². The molecule has 1 rings (SSSR count). The van der Waals surface area contributed by atoms with Crippen molar-refractivity contribution in [3.63, 3.8) is 0 Å². The maximum absolute atomic E-state index is 12.8. The lowest BCUT2D eigenvalue weighted by Crippen LogP contribution is -2.44. The number of hydrogen-bond acceptors (Lipinski definition) is 5. The second kappa shape index (κ2) is 9.14. The van der Waals surface area contributed by atoms with Crippen LogP contribution in [0.5, 0.6) is 0 Å². The van der Waals surface area contributed by atoms with E-state index in [1.165, 1.54) is 0 Å². The zero-order valence-electron chi connectivity index (χ0n) is 14.0. The van der Waals surface area contributed by atoms with Crippen molar-refractivity contribution < 1.29 is 37.0 Å². The summed E-state index contributed by atoms with van der Waals surface area (Å²) in [6.45, 7) is 0.404. The molecule has 1 aliphatic heterocycles. The smallest absolute Gasteiger partial charge is 0.386 e. The Morgan fingerprint density at radius 1 is 1.12 bits per heavy atom. The fourth-order valence-electron chi connectivity index (χ4n) is 3.11. The van der Waals surface area contributed by atoms with Crippen LogP contribution in [0.1, 0.15) is 57.8 Å². The summed E-state index contributed by atoms with van der Waals surface area (Å²) in [5, 5.41) is -1.96. The fourth-order valence-corrected chi connectivity index (χ4v) is 5.53. The zero-order chi connectivity index (χ0) is 19.1. The number of rotatable bonds is 6. The van der Waals surface area contributed by atoms with Crippen molar-refractivity contribution in [3.8, 4) is 0 Å². The molecule has 0 amide bonds. The summed E-state index contributed by atoms with van der Waals surface area (Å²) < 4.78 is 54.1. The highest BCUT2D eigenvalue weighted by Crippen LogP contribution is 2.61. The van der Waals surface area contributed by atoms with Gasteiger partial charge < -0.3 is 15.4 Å². The van der Waals surface area contributed by atoms with Crippen LogP contribution in [0.2, 0.25) is 0 Å². The standard InChI is InChI=1S/C15H25F3NO5P/c16-15(17,18)13(21)24-12(20)14(9-5-3-6-10-19)8-4-1-2-7-11-25(14,22)23/h1-11,19H2,(H,22,23). The molecule has 1 fully saturated rings. The van der Waals surface area contributed by atoms with Crippen LogP contribution in [0.4, 0.5) is 13.2 Å². The van der Waals surface area contributed by atoms with Crippen molar-refractivity contribution in [2.45, 2.75) is 69.1 Å². The van der Waals surface area contributed by atoms with E-state index in [0.717, 1.165) is 0 Å². The fraction of sp³-hybridized carbons (Fsp3) is 0.867. The Morgan fingerprint density at radius 2 is 1.76 bits per heavy atom. The zero-order valence-corrected chi connectivity index (χ0v) is 14.9. The molecule has 6 nitrogen and oxygen atoms in total. The first kappa shape index (κ1) is 22.1. The molecule has 0 radical (unpaired) electrons. The van der Waals surface area contributed by atoms with Crippen molar-refractivity contribution in [2.75, 3.05) is 12.7 Å². The van der Waals surface area contributed by atoms with Gasteiger partial charge >= 0.3 is 18.1 Å². The second-order valence-corrected chi connectivity index (χ2v) is 9.10. The predicted octanol–water partition coefficient (Wildman–Crippen LogP) is 3.11. The van der Waals surface area contributed by atoms with E-state index >= 15 is 0 Å². The number of halogens is 3. The van der Waals surface area contributed by atoms with Gasteiger partial charge in [-0.15, -0.1) is 0 Å². The van der Waals surface area contributed by atoms with Gasteiger partial charge in [0.1, 0.15) is 5.16 Å². The number of ether oxygens (including phenoxy) is 1. The van der Waals surface area contributed by atoms with Crippen LogP contribution in [0, 0.1) is 0 Å². The SMILES string of the molecule is NCCCCCC1(C(=O)OC(=O)C(F)(F)F)CCCCCCP1(=O)O. The maximum Gasteiger partial charge on any atom is 0.491 e. The van der Waals surface area contributed by atoms with E-state index in [-0.39, 0.29) is 19.0 Å². The number of unbranched alkanes of at least 4 members (excludes halogenated alkanes) is 2. The first-order chi connectivity index (χ1) is 11.6. The number of carbonyl (C=O) groups excluding carboxylic acids is 2. The molecule has 0 aromatic carbocycles. The highest BCUT2D eigenvalue weighted by atomic mass is 31.2. The number of nitrogens with two attached hydrogens (primary N) is 1. The van der Waals surface area contributed by atoms with Crippen LogP contribution >= 0.6 is 7.37 Å². The van der Waals surface area contributed by atoms with E-state index < -0.39 is 30.6 Å². The van der Waals surface area contributed by atoms with Crippen molar-refractivity contribution >= 4 is 19.3 Å². The van der Waals surface area contributed by atoms with Gasteiger partial charge in [0, 0.05) is 6.16 Å². The Hall–Kier alpha value is -0.920. The van der Waals surface area contributed by atoms with Gasteiger partial charge in [-0.25, -0.2) is 4.79 Å². The molecule has 1 heterocycles. The Kier molecular flexibility index (Phi) is 8.09. The van der Waals surface area contributed by atoms with E-state index in [1.807, 2.05) is 0 Å². The van der Waals surface area contributed by atoms with Gasteiger partial charge in [-0.05, 0) is 32.2 Å². The normalized spacial score (nSPS) is 28.0. The molecule has 10 heteroatoms. The number of hydrogen-bond donors (Lipinski definition) is 2. The molecule has 0 aromatic rings. The minimum atomic E-state index is -5.34. The molecule has 25 heavy (non-hydrogen) atoms. The monoisotopic (exact) mass is 387 g/mol. The Morgan fingerprint density at radius 3 is 2.36 bits per heavy atom. The average molecular weight is 387 g/mol. The Labute approximate surface area is 144 Å². The van der Waals surface area contributed by atoms with Gasteiger partial charge in [-0.3, -0.25) is 9.36 Å². The third-order valence-electron chi connectivity index (χ3n) is 4.56. The summed E-state index contributed by atoms with van der Waals surface area (Å²) >= 11 is 0. The molecule has 0 saturated carbocycles. The van der Waals surface area contributed by atoms with Gasteiger partial charge in [-0.1, -0.05) is 32.1 Å². The molecule has 2 atom stereocenters. The lowest BCUT2D eigenvalue weighted by molar-refractivity contribution is -0.202. The molecular weight excluding hydrogens is 362 g/mol. The van der Waals surface area contributed by atoms with E-state index in [4.69, 9.17) is 5.73 Å². The van der Waals surface area contributed by atoms with Gasteiger partial charge in [0.15, 0.2) is 0 Å². The van der Waals surface area contributed by atoms with Crippen LogP contribution in [0.25, 0.3) is 0 Å². The van der Waals surface area contributed by atoms with Gasteiger partial charge in [0.25, 0.3) is 0 Å². The minimum Gasteiger partial charge on any atom is -0.386 e. The summed E-state index contributed by atoms with van der Waals surface area (Å²) in [4.78, 5) is 33.9. The van der Waals surface area contributed by atoms with E-state index in [1.54, 1.807) is 0 Å². The van der Waals surface area contributed by atoms with Gasteiger partial charge in [0.2, 0.25) is 7.37 Å². The summed E-state index contributed by atoms with van der Waals surface area (Å²) in [7, 11) is -4.14. The molecule has 146 valence electrons. The van der Waals surface area contributed by atoms with E-state index in [2.05, 4.69) is 4.74 Å². The third kappa shape index (κ3) is 5.79. The Bertz CT molecular complexity index is 526. The molecule has 1 saturated heterocycles. The quantitative estimate of drug-likeness (QED) is 0.314. The van der Waals surface area contributed by atoms with Crippen molar-refractivity contribution in [1.29, 1.82) is 0 Å². The number of alkyl halides is 3. The first-order valence-electron chi connectivity index (χ1n) is 8.42. The number of carbonyl (C=O) groups is 2. The van der Waals surface area contributed by atoms with Crippen LogP contribution < -0.4 is 5.73 Å². The van der Waals surface area contributed by atoms with Crippen molar-refractivity contribution in [2.24, 2.45) is 5.73 Å². The van der Waals surface area contributed by atoms with Crippen LogP contribution in [0.3, 0.4) is 0 Å². The molecule has 0 spiro atoms. The molecule has 3 N–H and O–H groups in total. The topological polar surface area (TPSA) is 107 Å². The molecule has 0 aliphatic carbocycles. The van der Waals surface area contributed by atoms with Crippen LogP contribution in [0.15, 0.2) is 0 Å². The first-order valence-corrected chi connectivity index (χ1v) is 10.3. The summed E-state index contributed by atoms with van der Waals surface area (Å²) in [6, 6.07) is 0. The third-order valence-corrected chi connectivity index (χ3v) is 7.45.